The Morgan fingerprint density at radius 2 is 2.38 bits per heavy atom. The van der Waals surface area contributed by atoms with Crippen molar-refractivity contribution in [2.45, 2.75) is 37.4 Å². The van der Waals surface area contributed by atoms with Crippen LogP contribution in [0.15, 0.2) is 18.2 Å². The normalized spacial score (nSPS) is 27.2. The molecule has 110 valence electrons. The number of carbonyl (C=O) groups excluding carboxylic acids is 1. The number of amides is 1. The molecule has 2 aliphatic heterocycles. The van der Waals surface area contributed by atoms with Gasteiger partial charge in [-0.3, -0.25) is 4.79 Å². The van der Waals surface area contributed by atoms with E-state index >= 15 is 0 Å². The minimum absolute atomic E-state index is 0.0109. The second kappa shape index (κ2) is 4.96. The van der Waals surface area contributed by atoms with Crippen LogP contribution in [0.1, 0.15) is 29.6 Å². The number of benzene rings is 1. The molecule has 4 rings (SSSR count). The van der Waals surface area contributed by atoms with Crippen molar-refractivity contribution in [2.24, 2.45) is 0 Å². The quantitative estimate of drug-likeness (QED) is 0.909. The molecule has 2 saturated heterocycles. The summed E-state index contributed by atoms with van der Waals surface area (Å²) in [5, 5.41) is 7.31. The molecule has 2 N–H and O–H groups in total. The van der Waals surface area contributed by atoms with Gasteiger partial charge in [0.05, 0.1) is 17.3 Å². The molecular weight excluding hydrogens is 286 g/mol. The summed E-state index contributed by atoms with van der Waals surface area (Å²) in [6.45, 7) is 0. The standard InChI is InChI=1S/C15H17N3O2S/c1-20-15-18-12-6-8(2-5-13(12)21-15)14(19)17-11-7-9-3-4-10(11)16-9/h2,5-6,9-11,16H,3-4,7H2,1H3,(H,17,19)/t9-,10+,11-/m1/s1. The summed E-state index contributed by atoms with van der Waals surface area (Å²) >= 11 is 1.49. The monoisotopic (exact) mass is 303 g/mol. The summed E-state index contributed by atoms with van der Waals surface area (Å²) in [4.78, 5) is 16.8. The van der Waals surface area contributed by atoms with Gasteiger partial charge in [0.15, 0.2) is 0 Å². The number of methoxy groups -OCH3 is 1. The van der Waals surface area contributed by atoms with Gasteiger partial charge in [-0.2, -0.15) is 0 Å². The van der Waals surface area contributed by atoms with E-state index in [0.717, 1.165) is 23.1 Å². The molecule has 3 heterocycles. The number of nitrogens with one attached hydrogen (secondary N) is 2. The SMILES string of the molecule is COc1nc2cc(C(=O)N[C@@H]3C[C@H]4CC[C@@H]3N4)ccc2s1. The van der Waals surface area contributed by atoms with E-state index in [-0.39, 0.29) is 11.9 Å². The predicted molar refractivity (Wildman–Crippen MR) is 82.0 cm³/mol. The second-order valence-corrected chi connectivity index (χ2v) is 6.72. The molecular formula is C15H17N3O2S. The third-order valence-electron chi connectivity index (χ3n) is 4.42. The molecule has 0 aliphatic carbocycles. The van der Waals surface area contributed by atoms with Crippen LogP contribution in [-0.2, 0) is 0 Å². The van der Waals surface area contributed by atoms with Crippen molar-refractivity contribution in [1.82, 2.24) is 15.6 Å². The van der Waals surface area contributed by atoms with Crippen LogP contribution in [0.5, 0.6) is 5.19 Å². The van der Waals surface area contributed by atoms with Gasteiger partial charge in [0.2, 0.25) is 0 Å². The van der Waals surface area contributed by atoms with Gasteiger partial charge in [0.25, 0.3) is 11.1 Å². The predicted octanol–water partition coefficient (Wildman–Crippen LogP) is 1.93. The molecule has 2 bridgehead atoms. The number of nitrogens with zero attached hydrogens (tertiary/aromatic N) is 1. The number of fused-ring (bicyclic) bond motifs is 3. The molecule has 1 aromatic heterocycles. The minimum atomic E-state index is -0.0109. The number of aromatic nitrogens is 1. The molecule has 3 atom stereocenters. The lowest BCUT2D eigenvalue weighted by Gasteiger charge is -2.21. The maximum atomic E-state index is 12.4. The summed E-state index contributed by atoms with van der Waals surface area (Å²) in [6, 6.07) is 6.92. The Balaban J connectivity index is 1.53. The lowest BCUT2D eigenvalue weighted by Crippen LogP contribution is -2.42. The molecule has 6 heteroatoms. The molecule has 1 amide bonds. The van der Waals surface area contributed by atoms with Crippen LogP contribution in [0.25, 0.3) is 10.2 Å². The van der Waals surface area contributed by atoms with Crippen LogP contribution in [-0.4, -0.2) is 36.1 Å². The summed E-state index contributed by atoms with van der Waals surface area (Å²) in [5.41, 5.74) is 1.48. The Kier molecular flexibility index (Phi) is 3.08. The van der Waals surface area contributed by atoms with E-state index < -0.39 is 0 Å². The lowest BCUT2D eigenvalue weighted by atomic mass is 9.95. The van der Waals surface area contributed by atoms with Crippen LogP contribution < -0.4 is 15.4 Å². The highest BCUT2D eigenvalue weighted by atomic mass is 32.1. The highest BCUT2D eigenvalue weighted by molar-refractivity contribution is 7.20. The molecule has 0 saturated carbocycles. The first-order valence-electron chi connectivity index (χ1n) is 7.24. The van der Waals surface area contributed by atoms with E-state index in [1.54, 1.807) is 7.11 Å². The number of thiazole rings is 1. The van der Waals surface area contributed by atoms with Crippen LogP contribution in [0.3, 0.4) is 0 Å². The Morgan fingerprint density at radius 3 is 3.10 bits per heavy atom. The molecule has 2 aliphatic rings. The largest absolute Gasteiger partial charge is 0.473 e. The molecule has 2 fully saturated rings. The fourth-order valence-electron chi connectivity index (χ4n) is 3.37. The first-order chi connectivity index (χ1) is 10.2. The van der Waals surface area contributed by atoms with Gasteiger partial charge in [0.1, 0.15) is 0 Å². The van der Waals surface area contributed by atoms with E-state index in [1.165, 1.54) is 17.8 Å². The molecule has 2 aromatic rings. The fraction of sp³-hybridized carbons (Fsp3) is 0.467. The number of carbonyl (C=O) groups is 1. The molecule has 5 nitrogen and oxygen atoms in total. The number of hydrogen-bond acceptors (Lipinski definition) is 5. The maximum absolute atomic E-state index is 12.4. The summed E-state index contributed by atoms with van der Waals surface area (Å²) < 4.78 is 6.17. The van der Waals surface area contributed by atoms with Gasteiger partial charge in [-0.1, -0.05) is 11.3 Å². The zero-order valence-corrected chi connectivity index (χ0v) is 12.6. The molecule has 0 unspecified atom stereocenters. The Hall–Kier alpha value is -1.66. The molecule has 21 heavy (non-hydrogen) atoms. The highest BCUT2D eigenvalue weighted by Crippen LogP contribution is 2.30. The van der Waals surface area contributed by atoms with Crippen molar-refractivity contribution < 1.29 is 9.53 Å². The Bertz CT molecular complexity index is 699. The summed E-state index contributed by atoms with van der Waals surface area (Å²) in [7, 11) is 1.60. The first-order valence-corrected chi connectivity index (χ1v) is 8.06. The molecule has 0 spiro atoms. The van der Waals surface area contributed by atoms with Crippen molar-refractivity contribution >= 4 is 27.5 Å². The molecule has 0 radical (unpaired) electrons. The van der Waals surface area contributed by atoms with E-state index in [1.807, 2.05) is 18.2 Å². The van der Waals surface area contributed by atoms with E-state index in [2.05, 4.69) is 15.6 Å². The van der Waals surface area contributed by atoms with Gasteiger partial charge in [0, 0.05) is 23.7 Å². The van der Waals surface area contributed by atoms with Crippen molar-refractivity contribution in [3.05, 3.63) is 23.8 Å². The lowest BCUT2D eigenvalue weighted by molar-refractivity contribution is 0.0931. The van der Waals surface area contributed by atoms with Gasteiger partial charge in [-0.05, 0) is 37.5 Å². The van der Waals surface area contributed by atoms with Crippen molar-refractivity contribution in [3.8, 4) is 5.19 Å². The topological polar surface area (TPSA) is 63.2 Å². The van der Waals surface area contributed by atoms with Gasteiger partial charge >= 0.3 is 0 Å². The summed E-state index contributed by atoms with van der Waals surface area (Å²) in [5.74, 6) is -0.0109. The zero-order valence-electron chi connectivity index (χ0n) is 11.8. The van der Waals surface area contributed by atoms with Gasteiger partial charge in [-0.25, -0.2) is 4.98 Å². The third kappa shape index (κ3) is 2.28. The van der Waals surface area contributed by atoms with Crippen molar-refractivity contribution in [2.75, 3.05) is 7.11 Å². The number of rotatable bonds is 3. The van der Waals surface area contributed by atoms with Crippen LogP contribution in [0.4, 0.5) is 0 Å². The Labute approximate surface area is 126 Å². The average molecular weight is 303 g/mol. The maximum Gasteiger partial charge on any atom is 0.274 e. The van der Waals surface area contributed by atoms with Gasteiger partial charge in [-0.15, -0.1) is 0 Å². The number of ether oxygens (including phenoxy) is 1. The van der Waals surface area contributed by atoms with Crippen molar-refractivity contribution in [1.29, 1.82) is 0 Å². The second-order valence-electron chi connectivity index (χ2n) is 5.73. The highest BCUT2D eigenvalue weighted by Gasteiger charge is 2.39. The smallest absolute Gasteiger partial charge is 0.274 e. The van der Waals surface area contributed by atoms with E-state index in [9.17, 15) is 4.79 Å². The van der Waals surface area contributed by atoms with Crippen LogP contribution >= 0.6 is 11.3 Å². The zero-order chi connectivity index (χ0) is 14.4. The molecule has 1 aromatic carbocycles. The third-order valence-corrected chi connectivity index (χ3v) is 5.42. The van der Waals surface area contributed by atoms with Gasteiger partial charge < -0.3 is 15.4 Å². The average Bonchev–Trinajstić information content (AvgIpc) is 3.20. The number of hydrogen-bond donors (Lipinski definition) is 2. The Morgan fingerprint density at radius 1 is 1.48 bits per heavy atom. The van der Waals surface area contributed by atoms with E-state index in [0.29, 0.717) is 22.8 Å². The summed E-state index contributed by atoms with van der Waals surface area (Å²) in [6.07, 6.45) is 3.45. The minimum Gasteiger partial charge on any atom is -0.473 e. The van der Waals surface area contributed by atoms with E-state index in [4.69, 9.17) is 4.74 Å². The fourth-order valence-corrected chi connectivity index (χ4v) is 4.13. The van der Waals surface area contributed by atoms with Crippen LogP contribution in [0, 0.1) is 0 Å². The van der Waals surface area contributed by atoms with Crippen molar-refractivity contribution in [3.63, 3.8) is 0 Å². The van der Waals surface area contributed by atoms with Crippen LogP contribution in [0.2, 0.25) is 0 Å². The first kappa shape index (κ1) is 13.0.